The number of benzene rings is 1. The van der Waals surface area contributed by atoms with Gasteiger partial charge in [-0.05, 0) is 51.1 Å². The van der Waals surface area contributed by atoms with E-state index in [0.717, 1.165) is 25.8 Å². The lowest BCUT2D eigenvalue weighted by Gasteiger charge is -2.16. The minimum absolute atomic E-state index is 0.108. The average molecular weight is 300 g/mol. The number of halogens is 1. The summed E-state index contributed by atoms with van der Waals surface area (Å²) in [6, 6.07) is 4.98. The van der Waals surface area contributed by atoms with Crippen molar-refractivity contribution in [3.05, 3.63) is 23.2 Å². The summed E-state index contributed by atoms with van der Waals surface area (Å²) < 4.78 is 0. The average Bonchev–Trinajstić information content (AvgIpc) is 2.38. The van der Waals surface area contributed by atoms with Gasteiger partial charge in [0.2, 0.25) is 5.91 Å². The number of nitrogens with one attached hydrogen (secondary N) is 1. The third-order valence-electron chi connectivity index (χ3n) is 2.90. The molecule has 0 aromatic heterocycles. The predicted molar refractivity (Wildman–Crippen MR) is 82.9 cm³/mol. The van der Waals surface area contributed by atoms with Crippen LogP contribution in [-0.2, 0) is 4.79 Å². The Morgan fingerprint density at radius 2 is 2.15 bits per heavy atom. The highest BCUT2D eigenvalue weighted by Gasteiger charge is 2.08. The third kappa shape index (κ3) is 6.23. The van der Waals surface area contributed by atoms with Crippen LogP contribution in [0.4, 0.5) is 11.4 Å². The Hall–Kier alpha value is -1.30. The molecular formula is C14H22ClN3O2. The van der Waals surface area contributed by atoms with Crippen LogP contribution in [-0.4, -0.2) is 42.7 Å². The molecule has 0 heterocycles. The number of carbonyl (C=O) groups is 1. The van der Waals surface area contributed by atoms with E-state index >= 15 is 0 Å². The Morgan fingerprint density at radius 3 is 2.80 bits per heavy atom. The van der Waals surface area contributed by atoms with Crippen LogP contribution in [0.1, 0.15) is 19.3 Å². The second-order valence-electron chi connectivity index (χ2n) is 4.80. The molecule has 112 valence electrons. The van der Waals surface area contributed by atoms with E-state index in [0.29, 0.717) is 22.9 Å². The predicted octanol–water partition coefficient (Wildman–Crippen LogP) is 1.96. The van der Waals surface area contributed by atoms with Crippen molar-refractivity contribution in [2.45, 2.75) is 19.3 Å². The van der Waals surface area contributed by atoms with Crippen molar-refractivity contribution in [2.24, 2.45) is 0 Å². The lowest BCUT2D eigenvalue weighted by atomic mass is 10.2. The fourth-order valence-electron chi connectivity index (χ4n) is 1.83. The topological polar surface area (TPSA) is 78.6 Å². The molecule has 1 aromatic rings. The summed E-state index contributed by atoms with van der Waals surface area (Å²) in [5, 5.41) is 12.0. The summed E-state index contributed by atoms with van der Waals surface area (Å²) in [6.45, 7) is 1.35. The van der Waals surface area contributed by atoms with Gasteiger partial charge in [-0.2, -0.15) is 0 Å². The fourth-order valence-corrected chi connectivity index (χ4v) is 2.01. The van der Waals surface area contributed by atoms with Gasteiger partial charge in [0.1, 0.15) is 0 Å². The number of aliphatic hydroxyl groups excluding tert-OH is 1. The van der Waals surface area contributed by atoms with E-state index in [2.05, 4.69) is 5.32 Å². The Balaban J connectivity index is 2.35. The van der Waals surface area contributed by atoms with Crippen LogP contribution in [0.5, 0.6) is 0 Å². The largest absolute Gasteiger partial charge is 0.397 e. The number of likely N-dealkylation sites (N-methyl/N-ethyl adjacent to an activating group) is 1. The molecule has 0 atom stereocenters. The Morgan fingerprint density at radius 1 is 1.40 bits per heavy atom. The van der Waals surface area contributed by atoms with Crippen molar-refractivity contribution in [1.82, 2.24) is 4.90 Å². The van der Waals surface area contributed by atoms with Crippen LogP contribution in [0.2, 0.25) is 5.02 Å². The van der Waals surface area contributed by atoms with Crippen molar-refractivity contribution in [2.75, 3.05) is 37.8 Å². The summed E-state index contributed by atoms with van der Waals surface area (Å²) in [5.74, 6) is -0.108. The number of carbonyl (C=O) groups excluding carboxylic acids is 1. The maximum atomic E-state index is 11.9. The van der Waals surface area contributed by atoms with Crippen LogP contribution < -0.4 is 11.1 Å². The van der Waals surface area contributed by atoms with Gasteiger partial charge in [0.05, 0.1) is 17.9 Å². The van der Waals surface area contributed by atoms with Crippen LogP contribution in [0.3, 0.4) is 0 Å². The van der Waals surface area contributed by atoms with Gasteiger partial charge in [-0.15, -0.1) is 0 Å². The zero-order valence-electron chi connectivity index (χ0n) is 11.7. The number of hydrogen-bond donors (Lipinski definition) is 3. The zero-order valence-corrected chi connectivity index (χ0v) is 12.5. The Labute approximate surface area is 124 Å². The normalized spacial score (nSPS) is 10.8. The second-order valence-corrected chi connectivity index (χ2v) is 5.24. The standard InChI is InChI=1S/C14H22ClN3O2/c1-18(7-3-2-4-8-19)10-14(20)17-13-6-5-11(15)9-12(13)16/h5-6,9,19H,2-4,7-8,10,16H2,1H3,(H,17,20). The molecule has 20 heavy (non-hydrogen) atoms. The molecule has 0 spiro atoms. The second kappa shape index (κ2) is 8.79. The number of nitrogen functional groups attached to an aromatic ring is 1. The molecule has 0 aliphatic rings. The van der Waals surface area contributed by atoms with Gasteiger partial charge in [-0.1, -0.05) is 11.6 Å². The number of nitrogens with zero attached hydrogens (tertiary/aromatic N) is 1. The van der Waals surface area contributed by atoms with E-state index in [1.807, 2.05) is 11.9 Å². The summed E-state index contributed by atoms with van der Waals surface area (Å²) in [4.78, 5) is 13.8. The number of rotatable bonds is 8. The first kappa shape index (κ1) is 16.8. The minimum Gasteiger partial charge on any atom is -0.397 e. The van der Waals surface area contributed by atoms with Crippen LogP contribution in [0.25, 0.3) is 0 Å². The SMILES string of the molecule is CN(CCCCCO)CC(=O)Nc1ccc(Cl)cc1N. The molecule has 5 nitrogen and oxygen atoms in total. The van der Waals surface area contributed by atoms with Gasteiger partial charge < -0.3 is 16.2 Å². The monoisotopic (exact) mass is 299 g/mol. The number of anilines is 2. The third-order valence-corrected chi connectivity index (χ3v) is 3.13. The van der Waals surface area contributed by atoms with E-state index in [1.165, 1.54) is 0 Å². The molecule has 0 bridgehead atoms. The molecule has 0 unspecified atom stereocenters. The van der Waals surface area contributed by atoms with E-state index in [4.69, 9.17) is 22.4 Å². The lowest BCUT2D eigenvalue weighted by Crippen LogP contribution is -2.31. The van der Waals surface area contributed by atoms with Crippen molar-refractivity contribution >= 4 is 28.9 Å². The number of amides is 1. The van der Waals surface area contributed by atoms with E-state index in [1.54, 1.807) is 18.2 Å². The molecule has 0 radical (unpaired) electrons. The Kier molecular flexibility index (Phi) is 7.36. The van der Waals surface area contributed by atoms with Crippen LogP contribution in [0, 0.1) is 0 Å². The van der Waals surface area contributed by atoms with Gasteiger partial charge in [0.15, 0.2) is 0 Å². The summed E-state index contributed by atoms with van der Waals surface area (Å²) in [7, 11) is 1.89. The molecule has 0 saturated carbocycles. The van der Waals surface area contributed by atoms with Crippen molar-refractivity contribution in [1.29, 1.82) is 0 Å². The Bertz CT molecular complexity index is 440. The van der Waals surface area contributed by atoms with Gasteiger partial charge in [0.25, 0.3) is 0 Å². The molecule has 1 rings (SSSR count). The van der Waals surface area contributed by atoms with Crippen molar-refractivity contribution in [3.63, 3.8) is 0 Å². The van der Waals surface area contributed by atoms with Crippen LogP contribution in [0.15, 0.2) is 18.2 Å². The highest BCUT2D eigenvalue weighted by atomic mass is 35.5. The molecule has 6 heteroatoms. The lowest BCUT2D eigenvalue weighted by molar-refractivity contribution is -0.117. The van der Waals surface area contributed by atoms with Gasteiger partial charge in [0, 0.05) is 11.6 Å². The first-order valence-electron chi connectivity index (χ1n) is 6.67. The molecule has 1 aromatic carbocycles. The molecule has 4 N–H and O–H groups in total. The highest BCUT2D eigenvalue weighted by Crippen LogP contribution is 2.22. The molecular weight excluding hydrogens is 278 g/mol. The minimum atomic E-state index is -0.108. The fraction of sp³-hybridized carbons (Fsp3) is 0.500. The number of unbranched alkanes of at least 4 members (excludes halogenated alkanes) is 2. The molecule has 1 amide bonds. The number of aliphatic hydroxyl groups is 1. The first-order valence-corrected chi connectivity index (χ1v) is 7.05. The van der Waals surface area contributed by atoms with E-state index in [9.17, 15) is 4.79 Å². The molecule has 0 aliphatic carbocycles. The molecule has 0 saturated heterocycles. The highest BCUT2D eigenvalue weighted by molar-refractivity contribution is 6.31. The summed E-state index contributed by atoms with van der Waals surface area (Å²) >= 11 is 5.80. The van der Waals surface area contributed by atoms with E-state index in [-0.39, 0.29) is 12.5 Å². The van der Waals surface area contributed by atoms with E-state index < -0.39 is 0 Å². The van der Waals surface area contributed by atoms with Gasteiger partial charge in [-0.25, -0.2) is 0 Å². The van der Waals surface area contributed by atoms with Crippen molar-refractivity contribution in [3.8, 4) is 0 Å². The maximum Gasteiger partial charge on any atom is 0.238 e. The van der Waals surface area contributed by atoms with Crippen molar-refractivity contribution < 1.29 is 9.90 Å². The molecule has 0 aliphatic heterocycles. The summed E-state index contributed by atoms with van der Waals surface area (Å²) in [5.41, 5.74) is 6.81. The first-order chi connectivity index (χ1) is 9.52. The summed E-state index contributed by atoms with van der Waals surface area (Å²) in [6.07, 6.45) is 2.74. The number of hydrogen-bond acceptors (Lipinski definition) is 4. The molecule has 0 fully saturated rings. The van der Waals surface area contributed by atoms with Gasteiger partial charge >= 0.3 is 0 Å². The van der Waals surface area contributed by atoms with Gasteiger partial charge in [-0.3, -0.25) is 9.69 Å². The maximum absolute atomic E-state index is 11.9. The number of nitrogens with two attached hydrogens (primary N) is 1. The quantitative estimate of drug-likeness (QED) is 0.506. The van der Waals surface area contributed by atoms with Crippen LogP contribution >= 0.6 is 11.6 Å². The smallest absolute Gasteiger partial charge is 0.238 e. The zero-order chi connectivity index (χ0) is 15.0.